The van der Waals surface area contributed by atoms with E-state index in [4.69, 9.17) is 11.6 Å². The SMILES string of the molecule is Cc1cnccc1SCC#Cc1ccc(Cl)cc1. The first-order chi connectivity index (χ1) is 8.75. The van der Waals surface area contributed by atoms with Crippen LogP contribution in [0.2, 0.25) is 5.02 Å². The van der Waals surface area contributed by atoms with Gasteiger partial charge in [-0.15, -0.1) is 11.8 Å². The van der Waals surface area contributed by atoms with Gasteiger partial charge < -0.3 is 0 Å². The molecule has 1 nitrogen and oxygen atoms in total. The summed E-state index contributed by atoms with van der Waals surface area (Å²) in [6, 6.07) is 9.58. The highest BCUT2D eigenvalue weighted by Crippen LogP contribution is 2.20. The highest BCUT2D eigenvalue weighted by molar-refractivity contribution is 7.99. The molecule has 1 aromatic heterocycles. The van der Waals surface area contributed by atoms with E-state index < -0.39 is 0 Å². The molecule has 0 aliphatic carbocycles. The zero-order chi connectivity index (χ0) is 12.8. The molecule has 0 saturated carbocycles. The van der Waals surface area contributed by atoms with E-state index >= 15 is 0 Å². The van der Waals surface area contributed by atoms with Gasteiger partial charge in [-0.2, -0.15) is 0 Å². The number of nitrogens with zero attached hydrogens (tertiary/aromatic N) is 1. The van der Waals surface area contributed by atoms with Crippen LogP contribution in [0.3, 0.4) is 0 Å². The van der Waals surface area contributed by atoms with Crippen LogP contribution in [0.15, 0.2) is 47.6 Å². The maximum Gasteiger partial charge on any atom is 0.0598 e. The molecule has 0 fully saturated rings. The van der Waals surface area contributed by atoms with Crippen molar-refractivity contribution in [2.75, 3.05) is 5.75 Å². The number of pyridine rings is 1. The Morgan fingerprint density at radius 2 is 2.00 bits per heavy atom. The van der Waals surface area contributed by atoms with Crippen LogP contribution in [0.4, 0.5) is 0 Å². The molecule has 0 N–H and O–H groups in total. The lowest BCUT2D eigenvalue weighted by atomic mass is 10.2. The molecule has 0 spiro atoms. The van der Waals surface area contributed by atoms with E-state index in [9.17, 15) is 0 Å². The van der Waals surface area contributed by atoms with Crippen LogP contribution in [0.1, 0.15) is 11.1 Å². The molecule has 0 aliphatic rings. The second-order valence-electron chi connectivity index (χ2n) is 3.74. The summed E-state index contributed by atoms with van der Waals surface area (Å²) in [4.78, 5) is 5.30. The van der Waals surface area contributed by atoms with E-state index in [1.54, 1.807) is 11.8 Å². The van der Waals surface area contributed by atoms with Gasteiger partial charge in [0.05, 0.1) is 5.75 Å². The van der Waals surface area contributed by atoms with Gasteiger partial charge in [-0.25, -0.2) is 0 Å². The summed E-state index contributed by atoms with van der Waals surface area (Å²) in [6.07, 6.45) is 3.68. The Bertz CT molecular complexity index is 581. The van der Waals surface area contributed by atoms with E-state index in [-0.39, 0.29) is 0 Å². The zero-order valence-electron chi connectivity index (χ0n) is 9.98. The van der Waals surface area contributed by atoms with Gasteiger partial charge in [0.15, 0.2) is 0 Å². The average molecular weight is 274 g/mol. The Labute approximate surface area is 117 Å². The van der Waals surface area contributed by atoms with Crippen LogP contribution in [-0.2, 0) is 0 Å². The number of hydrogen-bond donors (Lipinski definition) is 0. The summed E-state index contributed by atoms with van der Waals surface area (Å²) in [6.45, 7) is 2.06. The molecule has 2 rings (SSSR count). The van der Waals surface area contributed by atoms with Gasteiger partial charge in [-0.1, -0.05) is 23.4 Å². The van der Waals surface area contributed by atoms with Gasteiger partial charge in [0.2, 0.25) is 0 Å². The molecule has 0 saturated heterocycles. The lowest BCUT2D eigenvalue weighted by molar-refractivity contribution is 1.18. The van der Waals surface area contributed by atoms with E-state index in [0.29, 0.717) is 0 Å². The Morgan fingerprint density at radius 3 is 2.72 bits per heavy atom. The molecule has 0 radical (unpaired) electrons. The lowest BCUT2D eigenvalue weighted by Gasteiger charge is -2.00. The molecule has 0 bridgehead atoms. The molecular weight excluding hydrogens is 262 g/mol. The van der Waals surface area contributed by atoms with Crippen LogP contribution in [0, 0.1) is 18.8 Å². The van der Waals surface area contributed by atoms with Crippen molar-refractivity contribution in [3.63, 3.8) is 0 Å². The fraction of sp³-hybridized carbons (Fsp3) is 0.133. The third-order valence-corrected chi connectivity index (χ3v) is 3.66. The number of rotatable bonds is 2. The molecule has 0 amide bonds. The fourth-order valence-corrected chi connectivity index (χ4v) is 2.27. The Hall–Kier alpha value is -1.43. The maximum absolute atomic E-state index is 5.81. The molecule has 0 aliphatic heterocycles. The number of thioether (sulfide) groups is 1. The van der Waals surface area contributed by atoms with Crippen LogP contribution in [0.25, 0.3) is 0 Å². The van der Waals surface area contributed by atoms with E-state index in [1.165, 1.54) is 10.5 Å². The smallest absolute Gasteiger partial charge is 0.0598 e. The minimum absolute atomic E-state index is 0.738. The summed E-state index contributed by atoms with van der Waals surface area (Å²) < 4.78 is 0. The second-order valence-corrected chi connectivity index (χ2v) is 5.19. The molecule has 2 aromatic rings. The average Bonchev–Trinajstić information content (AvgIpc) is 2.39. The fourth-order valence-electron chi connectivity index (χ4n) is 1.41. The zero-order valence-corrected chi connectivity index (χ0v) is 11.6. The van der Waals surface area contributed by atoms with Crippen molar-refractivity contribution in [2.24, 2.45) is 0 Å². The Morgan fingerprint density at radius 1 is 1.22 bits per heavy atom. The van der Waals surface area contributed by atoms with Crippen LogP contribution >= 0.6 is 23.4 Å². The van der Waals surface area contributed by atoms with E-state index in [0.717, 1.165) is 16.3 Å². The van der Waals surface area contributed by atoms with Crippen molar-refractivity contribution in [1.29, 1.82) is 0 Å². The third-order valence-electron chi connectivity index (χ3n) is 2.35. The van der Waals surface area contributed by atoms with Gasteiger partial charge in [0.1, 0.15) is 0 Å². The summed E-state index contributed by atoms with van der Waals surface area (Å²) in [5, 5.41) is 0.738. The number of halogens is 1. The first-order valence-corrected chi connectivity index (χ1v) is 6.90. The number of aromatic nitrogens is 1. The van der Waals surface area contributed by atoms with E-state index in [2.05, 4.69) is 23.7 Å². The first kappa shape index (κ1) is 13.0. The molecule has 1 aromatic carbocycles. The minimum atomic E-state index is 0.738. The Balaban J connectivity index is 1.93. The predicted molar refractivity (Wildman–Crippen MR) is 78.0 cm³/mol. The largest absolute Gasteiger partial charge is 0.264 e. The van der Waals surface area contributed by atoms with E-state index in [1.807, 2.05) is 42.7 Å². The number of hydrogen-bond acceptors (Lipinski definition) is 2. The van der Waals surface area contributed by atoms with Crippen LogP contribution in [-0.4, -0.2) is 10.7 Å². The summed E-state index contributed by atoms with van der Waals surface area (Å²) in [5.74, 6) is 7.03. The van der Waals surface area contributed by atoms with Crippen molar-refractivity contribution >= 4 is 23.4 Å². The van der Waals surface area contributed by atoms with Crippen molar-refractivity contribution in [1.82, 2.24) is 4.98 Å². The van der Waals surface area contributed by atoms with Crippen molar-refractivity contribution in [2.45, 2.75) is 11.8 Å². The number of benzene rings is 1. The predicted octanol–water partition coefficient (Wildman–Crippen LogP) is 4.19. The highest BCUT2D eigenvalue weighted by atomic mass is 35.5. The molecule has 90 valence electrons. The molecular formula is C15H12ClNS. The Kier molecular flexibility index (Phi) is 4.69. The van der Waals surface area contributed by atoms with Gasteiger partial charge in [-0.05, 0) is 42.8 Å². The van der Waals surface area contributed by atoms with Crippen molar-refractivity contribution < 1.29 is 0 Å². The molecule has 3 heteroatoms. The lowest BCUT2D eigenvalue weighted by Crippen LogP contribution is -1.82. The summed E-state index contributed by atoms with van der Waals surface area (Å²) in [5.41, 5.74) is 2.18. The number of aryl methyl sites for hydroxylation is 1. The third kappa shape index (κ3) is 3.80. The second kappa shape index (κ2) is 6.49. The summed E-state index contributed by atoms with van der Waals surface area (Å²) in [7, 11) is 0. The van der Waals surface area contributed by atoms with Gasteiger partial charge >= 0.3 is 0 Å². The molecule has 18 heavy (non-hydrogen) atoms. The maximum atomic E-state index is 5.81. The van der Waals surface area contributed by atoms with Gasteiger partial charge in [0, 0.05) is 27.9 Å². The molecule has 1 heterocycles. The van der Waals surface area contributed by atoms with Crippen LogP contribution in [0.5, 0.6) is 0 Å². The topological polar surface area (TPSA) is 12.9 Å². The standard InChI is InChI=1S/C15H12ClNS/c1-12-11-17-9-8-15(12)18-10-2-3-13-4-6-14(16)7-5-13/h4-9,11H,10H2,1H3. The normalized spacial score (nSPS) is 9.67. The van der Waals surface area contributed by atoms with Crippen molar-refractivity contribution in [3.8, 4) is 11.8 Å². The summed E-state index contributed by atoms with van der Waals surface area (Å²) >= 11 is 7.54. The van der Waals surface area contributed by atoms with Gasteiger partial charge in [0.25, 0.3) is 0 Å². The van der Waals surface area contributed by atoms with Crippen LogP contribution < -0.4 is 0 Å². The monoisotopic (exact) mass is 273 g/mol. The quantitative estimate of drug-likeness (QED) is 0.601. The highest BCUT2D eigenvalue weighted by Gasteiger charge is 1.95. The molecule has 0 atom stereocenters. The molecule has 0 unspecified atom stereocenters. The van der Waals surface area contributed by atoms with Gasteiger partial charge in [-0.3, -0.25) is 4.98 Å². The van der Waals surface area contributed by atoms with Crippen molar-refractivity contribution in [3.05, 3.63) is 58.9 Å². The minimum Gasteiger partial charge on any atom is -0.264 e. The first-order valence-electron chi connectivity index (χ1n) is 5.53.